The van der Waals surface area contributed by atoms with Crippen molar-refractivity contribution in [1.82, 2.24) is 14.8 Å². The van der Waals surface area contributed by atoms with E-state index in [4.69, 9.17) is 11.6 Å². The maximum atomic E-state index is 13.7. The van der Waals surface area contributed by atoms with Gasteiger partial charge in [0, 0.05) is 34.6 Å². The smallest absolute Gasteiger partial charge is 0.246 e. The van der Waals surface area contributed by atoms with Crippen LogP contribution in [0, 0.1) is 5.82 Å². The number of fused-ring (bicyclic) bond motifs is 4. The highest BCUT2D eigenvalue weighted by Gasteiger charge is 2.48. The van der Waals surface area contributed by atoms with Crippen LogP contribution in [0.15, 0.2) is 72.8 Å². The van der Waals surface area contributed by atoms with Crippen molar-refractivity contribution in [2.45, 2.75) is 24.9 Å². The molecule has 2 aliphatic heterocycles. The second kappa shape index (κ2) is 8.54. The molecule has 0 saturated carbocycles. The predicted octanol–water partition coefficient (Wildman–Crippen LogP) is 4.89. The van der Waals surface area contributed by atoms with Crippen molar-refractivity contribution in [3.8, 4) is 0 Å². The highest BCUT2D eigenvalue weighted by molar-refractivity contribution is 6.30. The number of para-hydroxylation sites is 1. The predicted molar refractivity (Wildman–Crippen MR) is 133 cm³/mol. The first-order valence-corrected chi connectivity index (χ1v) is 12.1. The Morgan fingerprint density at radius 2 is 1.80 bits per heavy atom. The molecule has 1 saturated heterocycles. The number of H-pyrrole nitrogens is 1. The van der Waals surface area contributed by atoms with Crippen LogP contribution in [0.25, 0.3) is 10.9 Å². The Balaban J connectivity index is 1.38. The molecule has 3 aromatic carbocycles. The number of hydrogen-bond donors (Lipinski definition) is 1. The number of benzene rings is 3. The first kappa shape index (κ1) is 21.9. The van der Waals surface area contributed by atoms with Crippen LogP contribution in [-0.4, -0.2) is 45.7 Å². The summed E-state index contributed by atoms with van der Waals surface area (Å²) in [6, 6.07) is 20.7. The molecule has 176 valence electrons. The van der Waals surface area contributed by atoms with Crippen LogP contribution in [0.2, 0.25) is 5.02 Å². The molecule has 0 spiro atoms. The molecular weight excluding hydrogens is 465 g/mol. The lowest BCUT2D eigenvalue weighted by Crippen LogP contribution is -2.63. The normalized spacial score (nSPS) is 19.7. The molecule has 1 N–H and O–H groups in total. The molecule has 1 fully saturated rings. The van der Waals surface area contributed by atoms with Gasteiger partial charge in [0.25, 0.3) is 0 Å². The van der Waals surface area contributed by atoms with Gasteiger partial charge in [-0.2, -0.15) is 0 Å². The number of amides is 2. The largest absolute Gasteiger partial charge is 0.356 e. The highest BCUT2D eigenvalue weighted by Crippen LogP contribution is 2.42. The Bertz CT molecular complexity index is 1450. The Morgan fingerprint density at radius 3 is 2.60 bits per heavy atom. The lowest BCUT2D eigenvalue weighted by molar-refractivity contribution is -0.158. The summed E-state index contributed by atoms with van der Waals surface area (Å²) in [5.74, 6) is -0.449. The molecule has 0 aliphatic carbocycles. The molecule has 2 amide bonds. The minimum Gasteiger partial charge on any atom is -0.356 e. The second-order valence-electron chi connectivity index (χ2n) is 9.18. The number of carbonyl (C=O) groups is 2. The van der Waals surface area contributed by atoms with Gasteiger partial charge in [-0.15, -0.1) is 0 Å². The van der Waals surface area contributed by atoms with Crippen LogP contribution in [-0.2, 0) is 22.4 Å². The standard InChI is InChI=1S/C28H23ClFN3O2/c29-19-5-3-4-18(14-19)27-26-22(21-6-1-2-7-23(21)31-26)15-24-28(35)32(16-25(34)33(24)27)13-12-17-8-10-20(30)11-9-17/h1-11,14,24,27,31H,12-13,15-16H2. The molecule has 3 heterocycles. The molecule has 7 heteroatoms. The number of aromatic amines is 1. The summed E-state index contributed by atoms with van der Waals surface area (Å²) in [6.45, 7) is 0.423. The van der Waals surface area contributed by atoms with Crippen molar-refractivity contribution in [2.24, 2.45) is 0 Å². The Kier molecular flexibility index (Phi) is 5.33. The van der Waals surface area contributed by atoms with E-state index in [1.807, 2.05) is 36.4 Å². The summed E-state index contributed by atoms with van der Waals surface area (Å²) in [4.78, 5) is 34.2. The summed E-state index contributed by atoms with van der Waals surface area (Å²) in [7, 11) is 0. The van der Waals surface area contributed by atoms with E-state index >= 15 is 0 Å². The fourth-order valence-corrected chi connectivity index (χ4v) is 5.65. The zero-order chi connectivity index (χ0) is 24.1. The minimum absolute atomic E-state index is 0.0170. The first-order chi connectivity index (χ1) is 17.0. The van der Waals surface area contributed by atoms with E-state index in [1.165, 1.54) is 12.1 Å². The molecular formula is C28H23ClFN3O2. The zero-order valence-corrected chi connectivity index (χ0v) is 19.6. The lowest BCUT2D eigenvalue weighted by atomic mass is 9.86. The number of aromatic nitrogens is 1. The molecule has 2 aliphatic rings. The Morgan fingerprint density at radius 1 is 1.00 bits per heavy atom. The average molecular weight is 488 g/mol. The van der Waals surface area contributed by atoms with E-state index in [0.29, 0.717) is 24.4 Å². The van der Waals surface area contributed by atoms with Crippen molar-refractivity contribution in [1.29, 1.82) is 0 Å². The third-order valence-electron chi connectivity index (χ3n) is 7.09. The first-order valence-electron chi connectivity index (χ1n) is 11.7. The highest BCUT2D eigenvalue weighted by atomic mass is 35.5. The molecule has 4 aromatic rings. The van der Waals surface area contributed by atoms with Gasteiger partial charge < -0.3 is 14.8 Å². The fraction of sp³-hybridized carbons (Fsp3) is 0.214. The van der Waals surface area contributed by atoms with Gasteiger partial charge in [-0.1, -0.05) is 54.1 Å². The third-order valence-corrected chi connectivity index (χ3v) is 7.33. The molecule has 2 unspecified atom stereocenters. The number of hydrogen-bond acceptors (Lipinski definition) is 2. The van der Waals surface area contributed by atoms with Crippen molar-refractivity contribution < 1.29 is 14.0 Å². The van der Waals surface area contributed by atoms with E-state index < -0.39 is 12.1 Å². The number of halogens is 2. The summed E-state index contributed by atoms with van der Waals surface area (Å²) < 4.78 is 13.3. The van der Waals surface area contributed by atoms with E-state index in [2.05, 4.69) is 11.1 Å². The molecule has 0 bridgehead atoms. The SMILES string of the molecule is O=C1C2Cc3c([nH]c4ccccc34)C(c3cccc(Cl)c3)N2C(=O)CN1CCc1ccc(F)cc1. The van der Waals surface area contributed by atoms with Gasteiger partial charge in [-0.3, -0.25) is 9.59 Å². The maximum Gasteiger partial charge on any atom is 0.246 e. The number of nitrogens with zero attached hydrogens (tertiary/aromatic N) is 2. The topological polar surface area (TPSA) is 56.4 Å². The molecule has 5 nitrogen and oxygen atoms in total. The van der Waals surface area contributed by atoms with Crippen LogP contribution < -0.4 is 0 Å². The number of rotatable bonds is 4. The van der Waals surface area contributed by atoms with Crippen LogP contribution in [0.3, 0.4) is 0 Å². The van der Waals surface area contributed by atoms with Gasteiger partial charge in [0.15, 0.2) is 0 Å². The molecule has 6 rings (SSSR count). The second-order valence-corrected chi connectivity index (χ2v) is 9.61. The van der Waals surface area contributed by atoms with Crippen LogP contribution in [0.5, 0.6) is 0 Å². The van der Waals surface area contributed by atoms with Gasteiger partial charge in [0.05, 0.1) is 12.6 Å². The summed E-state index contributed by atoms with van der Waals surface area (Å²) >= 11 is 6.33. The summed E-state index contributed by atoms with van der Waals surface area (Å²) in [5, 5.41) is 1.65. The van der Waals surface area contributed by atoms with Gasteiger partial charge in [-0.05, 0) is 53.4 Å². The minimum atomic E-state index is -0.597. The van der Waals surface area contributed by atoms with Crippen LogP contribution in [0.1, 0.15) is 28.4 Å². The van der Waals surface area contributed by atoms with Crippen LogP contribution in [0.4, 0.5) is 4.39 Å². The zero-order valence-electron chi connectivity index (χ0n) is 18.9. The maximum absolute atomic E-state index is 13.7. The van der Waals surface area contributed by atoms with Crippen molar-refractivity contribution >= 4 is 34.3 Å². The summed E-state index contributed by atoms with van der Waals surface area (Å²) in [6.07, 6.45) is 1.01. The Labute approximate surface area is 207 Å². The molecule has 1 aromatic heterocycles. The van der Waals surface area contributed by atoms with E-state index in [0.717, 1.165) is 33.3 Å². The van der Waals surface area contributed by atoms with E-state index in [1.54, 1.807) is 28.0 Å². The summed E-state index contributed by atoms with van der Waals surface area (Å²) in [5.41, 5.74) is 4.78. The molecule has 0 radical (unpaired) electrons. The van der Waals surface area contributed by atoms with Gasteiger partial charge >= 0.3 is 0 Å². The van der Waals surface area contributed by atoms with Gasteiger partial charge in [-0.25, -0.2) is 4.39 Å². The van der Waals surface area contributed by atoms with Crippen LogP contribution >= 0.6 is 11.6 Å². The quantitative estimate of drug-likeness (QED) is 0.445. The van der Waals surface area contributed by atoms with E-state index in [-0.39, 0.29) is 24.2 Å². The van der Waals surface area contributed by atoms with Crippen molar-refractivity contribution in [3.63, 3.8) is 0 Å². The molecule has 35 heavy (non-hydrogen) atoms. The molecule has 2 atom stereocenters. The van der Waals surface area contributed by atoms with Crippen molar-refractivity contribution in [2.75, 3.05) is 13.1 Å². The average Bonchev–Trinajstić information content (AvgIpc) is 3.23. The Hall–Kier alpha value is -3.64. The fourth-order valence-electron chi connectivity index (χ4n) is 5.45. The van der Waals surface area contributed by atoms with E-state index in [9.17, 15) is 14.0 Å². The van der Waals surface area contributed by atoms with Crippen molar-refractivity contribution in [3.05, 3.63) is 106 Å². The monoisotopic (exact) mass is 487 g/mol. The number of piperazine rings is 1. The third kappa shape index (κ3) is 3.78. The lowest BCUT2D eigenvalue weighted by Gasteiger charge is -2.47. The van der Waals surface area contributed by atoms with Gasteiger partial charge in [0.1, 0.15) is 11.9 Å². The number of nitrogens with one attached hydrogen (secondary N) is 1. The number of carbonyl (C=O) groups excluding carboxylic acids is 2. The van der Waals surface area contributed by atoms with Gasteiger partial charge in [0.2, 0.25) is 11.8 Å².